The summed E-state index contributed by atoms with van der Waals surface area (Å²) in [5, 5.41) is 2.55. The molecule has 0 atom stereocenters. The summed E-state index contributed by atoms with van der Waals surface area (Å²) >= 11 is 5.13. The maximum Gasteiger partial charge on any atom is 0.269 e. The number of hydrazine groups is 1. The van der Waals surface area contributed by atoms with Crippen molar-refractivity contribution >= 4 is 29.1 Å². The molecule has 0 saturated heterocycles. The second-order valence-corrected chi connectivity index (χ2v) is 9.13. The van der Waals surface area contributed by atoms with E-state index in [0.29, 0.717) is 29.4 Å². The smallest absolute Gasteiger partial charge is 0.269 e. The zero-order valence-corrected chi connectivity index (χ0v) is 19.6. The van der Waals surface area contributed by atoms with Gasteiger partial charge in [-0.05, 0) is 59.8 Å². The molecule has 0 saturated carbocycles. The highest BCUT2D eigenvalue weighted by atomic mass is 32.1. The Balaban J connectivity index is 1.90. The normalized spacial score (nSPS) is 11.0. The highest BCUT2D eigenvalue weighted by Crippen LogP contribution is 2.22. The lowest BCUT2D eigenvalue weighted by Crippen LogP contribution is -2.48. The summed E-state index contributed by atoms with van der Waals surface area (Å²) in [5.41, 5.74) is 7.06. The molecule has 166 valence electrons. The minimum Gasteiger partial charge on any atom is -0.493 e. The zero-order chi connectivity index (χ0) is 23.0. The van der Waals surface area contributed by atoms with E-state index < -0.39 is 5.91 Å². The Morgan fingerprint density at radius 1 is 0.968 bits per heavy atom. The molecule has 0 aliphatic carbocycles. The summed E-state index contributed by atoms with van der Waals surface area (Å²) in [6.45, 7) is 11.1. The quantitative estimate of drug-likeness (QED) is 0.459. The third-order valence-electron chi connectivity index (χ3n) is 4.61. The Kier molecular flexibility index (Phi) is 8.56. The molecule has 0 radical (unpaired) electrons. The number of rotatable bonds is 6. The van der Waals surface area contributed by atoms with Crippen LogP contribution in [0, 0.1) is 5.92 Å². The van der Waals surface area contributed by atoms with Gasteiger partial charge in [0.25, 0.3) is 11.8 Å². The first-order valence-corrected chi connectivity index (χ1v) is 10.7. The highest BCUT2D eigenvalue weighted by Gasteiger charge is 2.16. The van der Waals surface area contributed by atoms with Crippen LogP contribution in [0.5, 0.6) is 5.75 Å². The van der Waals surface area contributed by atoms with E-state index in [1.165, 1.54) is 0 Å². The summed E-state index contributed by atoms with van der Waals surface area (Å²) in [7, 11) is 0. The van der Waals surface area contributed by atoms with Crippen LogP contribution >= 0.6 is 12.2 Å². The number of ether oxygens (including phenoxy) is 1. The molecule has 0 unspecified atom stereocenters. The minimum absolute atomic E-state index is 0.00783. The van der Waals surface area contributed by atoms with Crippen molar-refractivity contribution in [2.24, 2.45) is 5.92 Å². The maximum absolute atomic E-state index is 12.6. The summed E-state index contributed by atoms with van der Waals surface area (Å²) < 4.78 is 5.75. The lowest BCUT2D eigenvalue weighted by molar-refractivity contribution is 0.0933. The Labute approximate surface area is 189 Å². The van der Waals surface area contributed by atoms with Gasteiger partial charge >= 0.3 is 0 Å². The fraction of sp³-hybridized carbons (Fsp3) is 0.375. The van der Waals surface area contributed by atoms with Crippen LogP contribution in [0.1, 0.15) is 67.3 Å². The Morgan fingerprint density at radius 3 is 2.23 bits per heavy atom. The number of nitrogens with one attached hydrogen (secondary N) is 3. The number of thiocarbonyl (C=S) groups is 1. The molecule has 0 aliphatic rings. The van der Waals surface area contributed by atoms with Crippen LogP contribution in [-0.4, -0.2) is 23.5 Å². The number of carbonyl (C=O) groups is 2. The number of hydrogen-bond donors (Lipinski definition) is 3. The molecule has 0 spiro atoms. The Morgan fingerprint density at radius 2 is 1.61 bits per heavy atom. The lowest BCUT2D eigenvalue weighted by Gasteiger charge is -2.19. The number of benzene rings is 2. The van der Waals surface area contributed by atoms with Crippen LogP contribution in [-0.2, 0) is 5.41 Å². The largest absolute Gasteiger partial charge is 0.493 e. The van der Waals surface area contributed by atoms with Crippen LogP contribution < -0.4 is 20.9 Å². The molecule has 0 aliphatic heterocycles. The molecule has 0 fully saturated rings. The number of hydrogen-bond acceptors (Lipinski definition) is 4. The molecular formula is C24H31N3O3S. The van der Waals surface area contributed by atoms with Crippen molar-refractivity contribution in [2.75, 3.05) is 6.61 Å². The van der Waals surface area contributed by atoms with Crippen molar-refractivity contribution < 1.29 is 14.3 Å². The van der Waals surface area contributed by atoms with Crippen LogP contribution in [0.25, 0.3) is 0 Å². The third-order valence-corrected chi connectivity index (χ3v) is 4.82. The molecule has 0 heterocycles. The summed E-state index contributed by atoms with van der Waals surface area (Å²) in [5.74, 6) is 0.230. The van der Waals surface area contributed by atoms with E-state index in [-0.39, 0.29) is 16.4 Å². The summed E-state index contributed by atoms with van der Waals surface area (Å²) in [6, 6.07) is 14.3. The molecule has 31 heavy (non-hydrogen) atoms. The van der Waals surface area contributed by atoms with Gasteiger partial charge in [-0.3, -0.25) is 25.8 Å². The number of amides is 2. The van der Waals surface area contributed by atoms with Crippen molar-refractivity contribution in [1.29, 1.82) is 0 Å². The van der Waals surface area contributed by atoms with Crippen molar-refractivity contribution in [2.45, 2.75) is 46.5 Å². The molecule has 2 aromatic rings. The fourth-order valence-corrected chi connectivity index (χ4v) is 2.84. The molecule has 7 heteroatoms. The third kappa shape index (κ3) is 7.68. The second-order valence-electron chi connectivity index (χ2n) is 8.72. The van der Waals surface area contributed by atoms with Gasteiger partial charge in [-0.15, -0.1) is 0 Å². The molecule has 0 bridgehead atoms. The first-order chi connectivity index (χ1) is 14.6. The van der Waals surface area contributed by atoms with Crippen molar-refractivity contribution in [1.82, 2.24) is 16.2 Å². The monoisotopic (exact) mass is 441 g/mol. The van der Waals surface area contributed by atoms with E-state index in [4.69, 9.17) is 17.0 Å². The van der Waals surface area contributed by atoms with Gasteiger partial charge < -0.3 is 4.74 Å². The molecular weight excluding hydrogens is 410 g/mol. The predicted octanol–water partition coefficient (Wildman–Crippen LogP) is 4.36. The Bertz CT molecular complexity index is 918. The van der Waals surface area contributed by atoms with Crippen LogP contribution in [0.2, 0.25) is 0 Å². The molecule has 0 aromatic heterocycles. The van der Waals surface area contributed by atoms with Crippen LogP contribution in [0.3, 0.4) is 0 Å². The molecule has 2 amide bonds. The summed E-state index contributed by atoms with van der Waals surface area (Å²) in [4.78, 5) is 24.9. The van der Waals surface area contributed by atoms with E-state index in [2.05, 4.69) is 50.8 Å². The summed E-state index contributed by atoms with van der Waals surface area (Å²) in [6.07, 6.45) is 0.888. The van der Waals surface area contributed by atoms with E-state index in [9.17, 15) is 9.59 Å². The van der Waals surface area contributed by atoms with Crippen LogP contribution in [0.15, 0.2) is 48.5 Å². The van der Waals surface area contributed by atoms with Gasteiger partial charge in [0.15, 0.2) is 5.11 Å². The van der Waals surface area contributed by atoms with Gasteiger partial charge in [0, 0.05) is 5.56 Å². The van der Waals surface area contributed by atoms with Crippen molar-refractivity contribution in [3.63, 3.8) is 0 Å². The lowest BCUT2D eigenvalue weighted by atomic mass is 9.87. The van der Waals surface area contributed by atoms with E-state index in [0.717, 1.165) is 12.0 Å². The van der Waals surface area contributed by atoms with Gasteiger partial charge in [-0.25, -0.2) is 0 Å². The van der Waals surface area contributed by atoms with Gasteiger partial charge in [0.05, 0.1) is 12.2 Å². The van der Waals surface area contributed by atoms with Crippen molar-refractivity contribution in [3.8, 4) is 5.75 Å². The van der Waals surface area contributed by atoms with E-state index in [1.807, 2.05) is 18.2 Å². The van der Waals surface area contributed by atoms with E-state index in [1.54, 1.807) is 30.3 Å². The van der Waals surface area contributed by atoms with Gasteiger partial charge in [0.1, 0.15) is 5.75 Å². The van der Waals surface area contributed by atoms with E-state index >= 15 is 0 Å². The average molecular weight is 442 g/mol. The van der Waals surface area contributed by atoms with Gasteiger partial charge in [-0.2, -0.15) is 0 Å². The van der Waals surface area contributed by atoms with Crippen LogP contribution in [0.4, 0.5) is 0 Å². The number of para-hydroxylation sites is 1. The first-order valence-electron chi connectivity index (χ1n) is 10.3. The second kappa shape index (κ2) is 10.9. The zero-order valence-electron chi connectivity index (χ0n) is 18.7. The van der Waals surface area contributed by atoms with Gasteiger partial charge in [-0.1, -0.05) is 58.9 Å². The van der Waals surface area contributed by atoms with Gasteiger partial charge in [0.2, 0.25) is 0 Å². The molecule has 2 rings (SSSR count). The van der Waals surface area contributed by atoms with Crippen molar-refractivity contribution in [3.05, 3.63) is 65.2 Å². The molecule has 2 aromatic carbocycles. The minimum atomic E-state index is -0.415. The molecule has 3 N–H and O–H groups in total. The SMILES string of the molecule is CC(C)CCOc1ccccc1C(=O)NC(=S)NNC(=O)c1ccc(C(C)(C)C)cc1. The number of carbonyl (C=O) groups excluding carboxylic acids is 2. The standard InChI is InChI=1S/C24H31N3O3S/c1-16(2)14-15-30-20-9-7-6-8-19(20)22(29)25-23(31)27-26-21(28)17-10-12-18(13-11-17)24(3,4)5/h6-13,16H,14-15H2,1-5H3,(H,26,28)(H2,25,27,29,31). The fourth-order valence-electron chi connectivity index (χ4n) is 2.69. The maximum atomic E-state index is 12.6. The average Bonchev–Trinajstić information content (AvgIpc) is 2.71. The first kappa shape index (κ1) is 24.3. The topological polar surface area (TPSA) is 79.5 Å². The molecule has 6 nitrogen and oxygen atoms in total. The Hall–Kier alpha value is -2.93. The highest BCUT2D eigenvalue weighted by molar-refractivity contribution is 7.80. The predicted molar refractivity (Wildman–Crippen MR) is 127 cm³/mol.